The highest BCUT2D eigenvalue weighted by molar-refractivity contribution is 7.81. The van der Waals surface area contributed by atoms with E-state index in [9.17, 15) is 0 Å². The van der Waals surface area contributed by atoms with E-state index in [1.54, 1.807) is 0 Å². The van der Waals surface area contributed by atoms with Gasteiger partial charge in [0.1, 0.15) is 4.99 Å². The largest absolute Gasteiger partial charge is 0.346 e. The van der Waals surface area contributed by atoms with E-state index in [-0.39, 0.29) is 0 Å². The van der Waals surface area contributed by atoms with Crippen LogP contribution in [0.15, 0.2) is 42.5 Å². The van der Waals surface area contributed by atoms with E-state index >= 15 is 0 Å². The normalized spacial score (nSPS) is 11.6. The fourth-order valence-electron chi connectivity index (χ4n) is 3.52. The number of nitrogens with one attached hydrogen (secondary N) is 1. The summed E-state index contributed by atoms with van der Waals surface area (Å²) in [5.74, 6) is 0. The molecule has 0 atom stereocenters. The lowest BCUT2D eigenvalue weighted by Crippen LogP contribution is -2.28. The number of hydrogen-bond acceptors (Lipinski definition) is 3. The minimum atomic E-state index is 0.568. The molecule has 0 saturated carbocycles. The van der Waals surface area contributed by atoms with Crippen LogP contribution in [0.25, 0.3) is 10.1 Å². The topological polar surface area (TPSA) is 15.3 Å². The second kappa shape index (κ2) is 9.84. The average Bonchev–Trinajstić information content (AvgIpc) is 3.08. The molecule has 0 spiro atoms. The third-order valence-corrected chi connectivity index (χ3v) is 7.34. The van der Waals surface area contributed by atoms with Crippen molar-refractivity contribution in [1.29, 1.82) is 0 Å². The second-order valence-electron chi connectivity index (χ2n) is 7.90. The summed E-state index contributed by atoms with van der Waals surface area (Å²) in [6.45, 7) is 10.0. The highest BCUT2D eigenvalue weighted by Crippen LogP contribution is 2.34. The maximum absolute atomic E-state index is 5.69. The molecule has 2 nitrogen and oxygen atoms in total. The summed E-state index contributed by atoms with van der Waals surface area (Å²) in [5, 5.41) is 4.84. The summed E-state index contributed by atoms with van der Waals surface area (Å²) in [4.78, 5) is 4.71. The van der Waals surface area contributed by atoms with E-state index in [0.717, 1.165) is 42.0 Å². The number of aryl methyl sites for hydroxylation is 2. The van der Waals surface area contributed by atoms with Crippen LogP contribution in [0.1, 0.15) is 49.3 Å². The van der Waals surface area contributed by atoms with Crippen molar-refractivity contribution in [3.05, 3.63) is 64.0 Å². The van der Waals surface area contributed by atoms with Crippen molar-refractivity contribution in [3.63, 3.8) is 0 Å². The van der Waals surface area contributed by atoms with Gasteiger partial charge in [-0.2, -0.15) is 0 Å². The molecule has 0 aliphatic carbocycles. The van der Waals surface area contributed by atoms with E-state index in [4.69, 9.17) is 12.2 Å². The summed E-state index contributed by atoms with van der Waals surface area (Å²) >= 11 is 7.63. The maximum atomic E-state index is 5.69. The van der Waals surface area contributed by atoms with Crippen molar-refractivity contribution in [1.82, 2.24) is 4.90 Å². The van der Waals surface area contributed by atoms with Gasteiger partial charge in [0.25, 0.3) is 0 Å². The van der Waals surface area contributed by atoms with Crippen LogP contribution in [0.5, 0.6) is 0 Å². The number of anilines is 1. The Morgan fingerprint density at radius 2 is 1.90 bits per heavy atom. The van der Waals surface area contributed by atoms with Crippen LogP contribution in [0, 0.1) is 0 Å². The van der Waals surface area contributed by atoms with Gasteiger partial charge in [-0.1, -0.05) is 44.3 Å². The Morgan fingerprint density at radius 1 is 1.10 bits per heavy atom. The molecule has 0 radical (unpaired) electrons. The summed E-state index contributed by atoms with van der Waals surface area (Å²) in [6, 6.07) is 15.7. The molecule has 4 heteroatoms. The summed E-state index contributed by atoms with van der Waals surface area (Å²) in [5.41, 5.74) is 4.97. The van der Waals surface area contributed by atoms with Crippen LogP contribution in [-0.4, -0.2) is 29.5 Å². The number of thiocarbonyl (C=S) groups is 1. The molecule has 0 fully saturated rings. The lowest BCUT2D eigenvalue weighted by Gasteiger charge is -2.21. The van der Waals surface area contributed by atoms with Crippen LogP contribution in [0.3, 0.4) is 0 Å². The van der Waals surface area contributed by atoms with Gasteiger partial charge < -0.3 is 10.2 Å². The van der Waals surface area contributed by atoms with Gasteiger partial charge in [0.2, 0.25) is 0 Å². The quantitative estimate of drug-likeness (QED) is 0.405. The molecule has 0 saturated heterocycles. The summed E-state index contributed by atoms with van der Waals surface area (Å²) in [6.07, 6.45) is 3.20. The van der Waals surface area contributed by atoms with Crippen molar-refractivity contribution in [2.45, 2.75) is 53.0 Å². The van der Waals surface area contributed by atoms with Crippen molar-refractivity contribution < 1.29 is 0 Å². The fourth-order valence-corrected chi connectivity index (χ4v) is 4.94. The third-order valence-electron chi connectivity index (χ3n) is 5.65. The number of nitrogens with zero attached hydrogens (tertiary/aromatic N) is 1. The van der Waals surface area contributed by atoms with E-state index in [0.29, 0.717) is 6.04 Å². The monoisotopic (exact) mass is 424 g/mol. The Kier molecular flexibility index (Phi) is 7.44. The van der Waals surface area contributed by atoms with Crippen molar-refractivity contribution in [2.75, 3.05) is 18.9 Å². The predicted octanol–water partition coefficient (Wildman–Crippen LogP) is 6.70. The number of benzene rings is 2. The van der Waals surface area contributed by atoms with E-state index in [1.165, 1.54) is 26.1 Å². The first-order valence-corrected chi connectivity index (χ1v) is 11.8. The molecule has 3 aromatic rings. The second-order valence-corrected chi connectivity index (χ2v) is 9.45. The highest BCUT2D eigenvalue weighted by atomic mass is 32.1. The molecule has 1 aromatic heterocycles. The van der Waals surface area contributed by atoms with Crippen LogP contribution in [-0.2, 0) is 19.3 Å². The third kappa shape index (κ3) is 5.25. The van der Waals surface area contributed by atoms with Gasteiger partial charge in [-0.25, -0.2) is 0 Å². The molecule has 0 aliphatic rings. The van der Waals surface area contributed by atoms with E-state index < -0.39 is 0 Å². The Bertz CT molecular complexity index is 988. The Balaban J connectivity index is 1.86. The molecule has 1 heterocycles. The van der Waals surface area contributed by atoms with Crippen LogP contribution < -0.4 is 5.32 Å². The van der Waals surface area contributed by atoms with E-state index in [2.05, 4.69) is 87.4 Å². The molecule has 2 aromatic carbocycles. The molecular weight excluding hydrogens is 392 g/mol. The number of hydrogen-bond donors (Lipinski definition) is 1. The molecule has 0 amide bonds. The molecule has 0 unspecified atom stereocenters. The number of rotatable bonds is 8. The van der Waals surface area contributed by atoms with Crippen LogP contribution in [0.4, 0.5) is 5.69 Å². The highest BCUT2D eigenvalue weighted by Gasteiger charge is 2.14. The van der Waals surface area contributed by atoms with Gasteiger partial charge in [0.15, 0.2) is 0 Å². The van der Waals surface area contributed by atoms with Crippen molar-refractivity contribution in [3.8, 4) is 0 Å². The molecule has 154 valence electrons. The van der Waals surface area contributed by atoms with Crippen molar-refractivity contribution in [2.24, 2.45) is 0 Å². The number of likely N-dealkylation sites (N-methyl/N-ethyl adjacent to an activating group) is 1. The molecule has 0 bridgehead atoms. The first kappa shape index (κ1) is 21.9. The molecule has 1 N–H and O–H groups in total. The molecule has 3 rings (SSSR count). The lowest BCUT2D eigenvalue weighted by atomic mass is 10.0. The van der Waals surface area contributed by atoms with Gasteiger partial charge in [0, 0.05) is 33.4 Å². The zero-order valence-corrected chi connectivity index (χ0v) is 19.8. The van der Waals surface area contributed by atoms with Gasteiger partial charge in [-0.05, 0) is 80.9 Å². The first-order chi connectivity index (χ1) is 13.9. The lowest BCUT2D eigenvalue weighted by molar-refractivity contribution is 0.277. The standard InChI is InChI=1S/C25H32N2S2/c1-6-18-9-8-10-19(15-18)25(28)26-20-11-12-24-22(16-20)21(23(7-2)29-24)13-14-27(5)17(3)4/h8-12,15-17H,6-7,13-14H2,1-5H3,(H,26,28). The Labute approximate surface area is 184 Å². The van der Waals surface area contributed by atoms with Crippen LogP contribution >= 0.6 is 23.6 Å². The zero-order chi connectivity index (χ0) is 21.0. The minimum absolute atomic E-state index is 0.568. The molecule has 29 heavy (non-hydrogen) atoms. The first-order valence-electron chi connectivity index (χ1n) is 10.6. The molecular formula is C25H32N2S2. The van der Waals surface area contributed by atoms with Gasteiger partial charge in [-0.3, -0.25) is 0 Å². The van der Waals surface area contributed by atoms with Gasteiger partial charge in [-0.15, -0.1) is 11.3 Å². The Hall–Kier alpha value is -1.75. The number of thiophene rings is 1. The summed E-state index contributed by atoms with van der Waals surface area (Å²) in [7, 11) is 2.21. The van der Waals surface area contributed by atoms with Gasteiger partial charge in [0.05, 0.1) is 0 Å². The smallest absolute Gasteiger partial charge is 0.110 e. The Morgan fingerprint density at radius 3 is 2.59 bits per heavy atom. The van der Waals surface area contributed by atoms with Gasteiger partial charge >= 0.3 is 0 Å². The number of fused-ring (bicyclic) bond motifs is 1. The average molecular weight is 425 g/mol. The maximum Gasteiger partial charge on any atom is 0.110 e. The fraction of sp³-hybridized carbons (Fsp3) is 0.400. The van der Waals surface area contributed by atoms with Crippen molar-refractivity contribution >= 4 is 44.3 Å². The SMILES string of the molecule is CCc1cccc(C(=S)Nc2ccc3sc(CC)c(CCN(C)C(C)C)c3c2)c1. The molecule has 0 aliphatic heterocycles. The minimum Gasteiger partial charge on any atom is -0.346 e. The summed E-state index contributed by atoms with van der Waals surface area (Å²) < 4.78 is 1.37. The van der Waals surface area contributed by atoms with Crippen LogP contribution in [0.2, 0.25) is 0 Å². The van der Waals surface area contributed by atoms with E-state index in [1.807, 2.05) is 11.3 Å². The predicted molar refractivity (Wildman–Crippen MR) is 134 cm³/mol. The zero-order valence-electron chi connectivity index (χ0n) is 18.2.